The maximum Gasteiger partial charge on any atom is 0.120 e. The number of fused-ring (bicyclic) bond motifs is 6. The van der Waals surface area contributed by atoms with Crippen LogP contribution in [0.5, 0.6) is 5.75 Å². The Bertz CT molecular complexity index is 3950. The van der Waals surface area contributed by atoms with Crippen molar-refractivity contribution in [3.05, 3.63) is 212 Å². The molecule has 0 amide bonds. The second kappa shape index (κ2) is 15.0. The first-order valence-corrected chi connectivity index (χ1v) is 24.7. The molecule has 0 N–H and O–H groups in total. The summed E-state index contributed by atoms with van der Waals surface area (Å²) in [5.41, 5.74) is 13.9. The zero-order valence-corrected chi connectivity index (χ0v) is 39.3. The van der Waals surface area contributed by atoms with E-state index in [1.807, 2.05) is 0 Å². The number of benzene rings is 12. The minimum atomic E-state index is -0.0919. The first-order valence-electron chi connectivity index (χ1n) is 24.7. The zero-order chi connectivity index (χ0) is 46.0. The largest absolute Gasteiger partial charge is 0.497 e. The Morgan fingerprint density at radius 3 is 1.39 bits per heavy atom. The molecule has 69 heavy (non-hydrogen) atoms. The van der Waals surface area contributed by atoms with E-state index in [1.165, 1.54) is 139 Å². The number of anilines is 2. The molecule has 0 radical (unpaired) electrons. The molecule has 1 fully saturated rings. The van der Waals surface area contributed by atoms with Gasteiger partial charge in [-0.2, -0.15) is 0 Å². The third-order valence-electron chi connectivity index (χ3n) is 16.9. The molecule has 2 aliphatic rings. The molecule has 0 saturated heterocycles. The van der Waals surface area contributed by atoms with Crippen LogP contribution >= 0.6 is 0 Å². The first kappa shape index (κ1) is 40.2. The van der Waals surface area contributed by atoms with Gasteiger partial charge in [0.2, 0.25) is 0 Å². The fourth-order valence-corrected chi connectivity index (χ4v) is 13.3. The summed E-state index contributed by atoms with van der Waals surface area (Å²) in [7, 11) is 1.77. The summed E-state index contributed by atoms with van der Waals surface area (Å²) in [6, 6.07) is 77.9. The molecule has 0 aromatic heterocycles. The van der Waals surface area contributed by atoms with E-state index in [0.717, 1.165) is 18.6 Å². The highest BCUT2D eigenvalue weighted by molar-refractivity contribution is 6.33. The predicted molar refractivity (Wildman–Crippen MR) is 294 cm³/mol. The van der Waals surface area contributed by atoms with Crippen molar-refractivity contribution in [2.24, 2.45) is 0 Å². The smallest absolute Gasteiger partial charge is 0.120 e. The van der Waals surface area contributed by atoms with Gasteiger partial charge in [-0.05, 0) is 171 Å². The molecule has 14 rings (SSSR count). The Kier molecular flexibility index (Phi) is 8.75. The fraction of sp³-hybridized carbons (Fsp3) is 0.134. The molecule has 0 bridgehead atoms. The number of methoxy groups -OCH3 is 1. The summed E-state index contributed by atoms with van der Waals surface area (Å²) in [5.74, 6) is 0.889. The molecule has 2 atom stereocenters. The van der Waals surface area contributed by atoms with Crippen molar-refractivity contribution in [1.29, 1.82) is 0 Å². The van der Waals surface area contributed by atoms with Crippen LogP contribution in [-0.4, -0.2) is 12.6 Å². The molecule has 0 spiro atoms. The van der Waals surface area contributed by atoms with E-state index in [4.69, 9.17) is 4.74 Å². The zero-order valence-electron chi connectivity index (χ0n) is 39.3. The van der Waals surface area contributed by atoms with E-state index in [-0.39, 0.29) is 11.0 Å². The van der Waals surface area contributed by atoms with Crippen molar-refractivity contribution in [2.45, 2.75) is 50.5 Å². The van der Waals surface area contributed by atoms with Crippen molar-refractivity contribution < 1.29 is 4.74 Å². The van der Waals surface area contributed by atoms with E-state index in [0.29, 0.717) is 0 Å². The van der Waals surface area contributed by atoms with Gasteiger partial charge in [0.1, 0.15) is 5.75 Å². The van der Waals surface area contributed by atoms with Gasteiger partial charge in [-0.3, -0.25) is 0 Å². The molecule has 1 heterocycles. The van der Waals surface area contributed by atoms with Crippen molar-refractivity contribution in [3.63, 3.8) is 0 Å². The molecular formula is C67H51NO. The van der Waals surface area contributed by atoms with E-state index >= 15 is 0 Å². The number of ether oxygens (including phenoxy) is 1. The second-order valence-electron chi connectivity index (χ2n) is 20.2. The fourth-order valence-electron chi connectivity index (χ4n) is 13.3. The summed E-state index contributed by atoms with van der Waals surface area (Å²) in [6.07, 6.45) is 4.73. The van der Waals surface area contributed by atoms with Crippen molar-refractivity contribution in [2.75, 3.05) is 12.0 Å². The standard InChI is InChI=1S/C67H51NO/c1-66-36-10-11-37-67(66,2)68(46-22-15-23-47(39-46)69-3)63-35-30-45(38-62(63)66)58-40-59(51-27-12-19-42-16-4-7-24-48(42)51)55-33-34-57-61(53-29-14-21-44-18-6-9-26-50(44)53)41-60(56-32-31-54(58)64(55)65(56)57)52-28-13-20-43-17-5-8-25-49(43)52/h4-9,12-35,38-41H,10-11,36-37H2,1-3H3. The molecular weight excluding hydrogens is 835 g/mol. The second-order valence-corrected chi connectivity index (χ2v) is 20.2. The minimum absolute atomic E-state index is 0.0529. The van der Waals surface area contributed by atoms with Crippen LogP contribution in [0.2, 0.25) is 0 Å². The SMILES string of the molecule is COc1cccc(N2c3ccc(-c4cc(-c5cccc6ccccc56)c5ccc6c(-c7cccc8ccccc78)cc(-c7cccc8ccccc78)c7ccc4c5c76)cc3C3(C)CCCCC23C)c1. The number of hydrogen-bond acceptors (Lipinski definition) is 2. The van der Waals surface area contributed by atoms with Crippen molar-refractivity contribution >= 4 is 76.0 Å². The van der Waals surface area contributed by atoms with E-state index in [9.17, 15) is 0 Å². The van der Waals surface area contributed by atoms with Gasteiger partial charge in [0.15, 0.2) is 0 Å². The lowest BCUT2D eigenvalue weighted by atomic mass is 9.61. The van der Waals surface area contributed by atoms with Crippen molar-refractivity contribution in [3.8, 4) is 50.3 Å². The van der Waals surface area contributed by atoms with Gasteiger partial charge in [0, 0.05) is 22.9 Å². The normalized spacial score (nSPS) is 17.9. The van der Waals surface area contributed by atoms with E-state index < -0.39 is 0 Å². The number of hydrogen-bond donors (Lipinski definition) is 0. The van der Waals surface area contributed by atoms with Gasteiger partial charge in [-0.1, -0.05) is 184 Å². The average molecular weight is 886 g/mol. The maximum atomic E-state index is 5.81. The lowest BCUT2D eigenvalue weighted by Crippen LogP contribution is -2.54. The Balaban J connectivity index is 1.11. The molecule has 1 aliphatic heterocycles. The van der Waals surface area contributed by atoms with Crippen LogP contribution in [0.15, 0.2) is 206 Å². The topological polar surface area (TPSA) is 12.5 Å². The van der Waals surface area contributed by atoms with Crippen LogP contribution in [0.3, 0.4) is 0 Å². The summed E-state index contributed by atoms with van der Waals surface area (Å²) >= 11 is 0. The van der Waals surface area contributed by atoms with Crippen LogP contribution in [0.25, 0.3) is 109 Å². The highest BCUT2D eigenvalue weighted by Gasteiger charge is 2.57. The molecule has 1 aliphatic carbocycles. The summed E-state index contributed by atoms with van der Waals surface area (Å²) in [6.45, 7) is 5.06. The van der Waals surface area contributed by atoms with Gasteiger partial charge in [-0.25, -0.2) is 0 Å². The Hall–Kier alpha value is -7.94. The lowest BCUT2D eigenvalue weighted by Gasteiger charge is -2.50. The highest BCUT2D eigenvalue weighted by Crippen LogP contribution is 2.62. The third-order valence-corrected chi connectivity index (χ3v) is 16.9. The number of nitrogens with zero attached hydrogens (tertiary/aromatic N) is 1. The molecule has 2 nitrogen and oxygen atoms in total. The molecule has 12 aromatic carbocycles. The average Bonchev–Trinajstić information content (AvgIpc) is 3.61. The maximum absolute atomic E-state index is 5.81. The van der Waals surface area contributed by atoms with E-state index in [1.54, 1.807) is 7.11 Å². The van der Waals surface area contributed by atoms with Crippen molar-refractivity contribution in [1.82, 2.24) is 0 Å². The summed E-state index contributed by atoms with van der Waals surface area (Å²) in [4.78, 5) is 2.66. The Morgan fingerprint density at radius 1 is 0.391 bits per heavy atom. The third kappa shape index (κ3) is 5.72. The first-order chi connectivity index (χ1) is 33.9. The van der Waals surface area contributed by atoms with Crippen LogP contribution in [0.1, 0.15) is 45.1 Å². The van der Waals surface area contributed by atoms with Gasteiger partial charge in [0.05, 0.1) is 12.6 Å². The van der Waals surface area contributed by atoms with Gasteiger partial charge >= 0.3 is 0 Å². The monoisotopic (exact) mass is 885 g/mol. The molecule has 1 saturated carbocycles. The minimum Gasteiger partial charge on any atom is -0.497 e. The van der Waals surface area contributed by atoms with Gasteiger partial charge < -0.3 is 9.64 Å². The van der Waals surface area contributed by atoms with Gasteiger partial charge in [-0.15, -0.1) is 0 Å². The molecule has 12 aromatic rings. The predicted octanol–water partition coefficient (Wildman–Crippen LogP) is 18.5. The van der Waals surface area contributed by atoms with Crippen LogP contribution in [0, 0.1) is 0 Å². The number of rotatable bonds is 6. The Morgan fingerprint density at radius 2 is 0.855 bits per heavy atom. The molecule has 330 valence electrons. The lowest BCUT2D eigenvalue weighted by molar-refractivity contribution is 0.195. The van der Waals surface area contributed by atoms with Crippen LogP contribution < -0.4 is 9.64 Å². The molecule has 2 unspecified atom stereocenters. The summed E-state index contributed by atoms with van der Waals surface area (Å²) in [5, 5.41) is 15.3. The van der Waals surface area contributed by atoms with Crippen LogP contribution in [0.4, 0.5) is 11.4 Å². The highest BCUT2D eigenvalue weighted by atomic mass is 16.5. The molecule has 2 heteroatoms. The Labute approximate surface area is 403 Å². The van der Waals surface area contributed by atoms with Gasteiger partial charge in [0.25, 0.3) is 0 Å². The quantitative estimate of drug-likeness (QED) is 0.154. The van der Waals surface area contributed by atoms with Crippen LogP contribution in [-0.2, 0) is 5.41 Å². The summed E-state index contributed by atoms with van der Waals surface area (Å²) < 4.78 is 5.81. The van der Waals surface area contributed by atoms with E-state index in [2.05, 4.69) is 225 Å².